The highest BCUT2D eigenvalue weighted by atomic mass is 16.5. The van der Waals surface area contributed by atoms with Crippen molar-refractivity contribution in [2.45, 2.75) is 32.7 Å². The third-order valence-corrected chi connectivity index (χ3v) is 2.63. The molecule has 0 aliphatic rings. The minimum atomic E-state index is 0.0890. The standard InChI is InChI=1S/C14H23NO2/c1-3-16-11-5-6-14(15)12-7-9-13(10-8-12)17-4-2/h7-10,14H,3-6,11,15H2,1-2H3. The second kappa shape index (κ2) is 8.09. The quantitative estimate of drug-likeness (QED) is 0.707. The third kappa shape index (κ3) is 5.20. The number of nitrogens with two attached hydrogens (primary N) is 1. The van der Waals surface area contributed by atoms with Gasteiger partial charge in [-0.05, 0) is 44.4 Å². The highest BCUT2D eigenvalue weighted by Gasteiger charge is 2.05. The predicted molar refractivity (Wildman–Crippen MR) is 70.3 cm³/mol. The van der Waals surface area contributed by atoms with Crippen molar-refractivity contribution in [2.24, 2.45) is 5.73 Å². The molecule has 0 aliphatic carbocycles. The van der Waals surface area contributed by atoms with Gasteiger partial charge in [-0.3, -0.25) is 0 Å². The van der Waals surface area contributed by atoms with Crippen LogP contribution < -0.4 is 10.5 Å². The van der Waals surface area contributed by atoms with E-state index in [-0.39, 0.29) is 6.04 Å². The first kappa shape index (κ1) is 14.0. The van der Waals surface area contributed by atoms with E-state index in [1.807, 2.05) is 38.1 Å². The van der Waals surface area contributed by atoms with Gasteiger partial charge in [0.25, 0.3) is 0 Å². The van der Waals surface area contributed by atoms with Gasteiger partial charge >= 0.3 is 0 Å². The van der Waals surface area contributed by atoms with Gasteiger partial charge in [0.15, 0.2) is 0 Å². The lowest BCUT2D eigenvalue weighted by molar-refractivity contribution is 0.142. The molecule has 0 fully saturated rings. The van der Waals surface area contributed by atoms with Crippen molar-refractivity contribution in [1.82, 2.24) is 0 Å². The van der Waals surface area contributed by atoms with Crippen molar-refractivity contribution in [3.8, 4) is 5.75 Å². The molecule has 0 saturated carbocycles. The Balaban J connectivity index is 2.37. The Morgan fingerprint density at radius 1 is 1.12 bits per heavy atom. The lowest BCUT2D eigenvalue weighted by Gasteiger charge is -2.12. The average molecular weight is 237 g/mol. The largest absolute Gasteiger partial charge is 0.494 e. The molecule has 0 radical (unpaired) electrons. The van der Waals surface area contributed by atoms with Crippen LogP contribution in [0.4, 0.5) is 0 Å². The van der Waals surface area contributed by atoms with E-state index in [1.54, 1.807) is 0 Å². The summed E-state index contributed by atoms with van der Waals surface area (Å²) in [6.45, 7) is 6.25. The van der Waals surface area contributed by atoms with Gasteiger partial charge in [0.05, 0.1) is 6.61 Å². The minimum Gasteiger partial charge on any atom is -0.494 e. The summed E-state index contributed by atoms with van der Waals surface area (Å²) in [5.41, 5.74) is 7.26. The van der Waals surface area contributed by atoms with Crippen molar-refractivity contribution in [3.63, 3.8) is 0 Å². The Kier molecular flexibility index (Phi) is 6.67. The number of rotatable bonds is 8. The van der Waals surface area contributed by atoms with Gasteiger partial charge in [-0.1, -0.05) is 12.1 Å². The fourth-order valence-corrected chi connectivity index (χ4v) is 1.69. The maximum Gasteiger partial charge on any atom is 0.119 e. The predicted octanol–water partition coefficient (Wildman–Crippen LogP) is 2.90. The molecule has 0 amide bonds. The highest BCUT2D eigenvalue weighted by Crippen LogP contribution is 2.19. The third-order valence-electron chi connectivity index (χ3n) is 2.63. The van der Waals surface area contributed by atoms with Crippen LogP contribution in [0.3, 0.4) is 0 Å². The van der Waals surface area contributed by atoms with E-state index in [9.17, 15) is 0 Å². The first-order chi connectivity index (χ1) is 8.27. The fourth-order valence-electron chi connectivity index (χ4n) is 1.69. The Hall–Kier alpha value is -1.06. The van der Waals surface area contributed by atoms with Gasteiger partial charge in [-0.15, -0.1) is 0 Å². The fraction of sp³-hybridized carbons (Fsp3) is 0.571. The van der Waals surface area contributed by atoms with Gasteiger partial charge in [0.2, 0.25) is 0 Å². The van der Waals surface area contributed by atoms with Crippen molar-refractivity contribution >= 4 is 0 Å². The number of ether oxygens (including phenoxy) is 2. The smallest absolute Gasteiger partial charge is 0.119 e. The van der Waals surface area contributed by atoms with E-state index in [4.69, 9.17) is 15.2 Å². The molecule has 0 saturated heterocycles. The molecule has 1 aromatic carbocycles. The molecule has 1 rings (SSSR count). The van der Waals surface area contributed by atoms with Gasteiger partial charge in [0, 0.05) is 19.3 Å². The molecule has 17 heavy (non-hydrogen) atoms. The Bertz CT molecular complexity index is 298. The van der Waals surface area contributed by atoms with E-state index >= 15 is 0 Å². The summed E-state index contributed by atoms with van der Waals surface area (Å²) in [5.74, 6) is 0.901. The Labute approximate surface area is 104 Å². The van der Waals surface area contributed by atoms with Crippen LogP contribution in [0.25, 0.3) is 0 Å². The van der Waals surface area contributed by atoms with Crippen LogP contribution in [0.2, 0.25) is 0 Å². The van der Waals surface area contributed by atoms with E-state index in [2.05, 4.69) is 0 Å². The van der Waals surface area contributed by atoms with E-state index in [1.165, 1.54) is 0 Å². The second-order valence-electron chi connectivity index (χ2n) is 3.95. The molecule has 1 unspecified atom stereocenters. The van der Waals surface area contributed by atoms with Crippen LogP contribution in [0, 0.1) is 0 Å². The van der Waals surface area contributed by atoms with E-state index in [0.717, 1.165) is 37.4 Å². The normalized spacial score (nSPS) is 12.4. The average Bonchev–Trinajstić information content (AvgIpc) is 2.36. The van der Waals surface area contributed by atoms with E-state index in [0.29, 0.717) is 6.61 Å². The molecule has 3 nitrogen and oxygen atoms in total. The zero-order chi connectivity index (χ0) is 12.5. The highest BCUT2D eigenvalue weighted by molar-refractivity contribution is 5.28. The number of hydrogen-bond donors (Lipinski definition) is 1. The van der Waals surface area contributed by atoms with Gasteiger partial charge < -0.3 is 15.2 Å². The Morgan fingerprint density at radius 3 is 2.41 bits per heavy atom. The maximum absolute atomic E-state index is 6.10. The molecule has 0 bridgehead atoms. The molecule has 3 heteroatoms. The molecule has 0 heterocycles. The Morgan fingerprint density at radius 2 is 1.82 bits per heavy atom. The topological polar surface area (TPSA) is 44.5 Å². The summed E-state index contributed by atoms with van der Waals surface area (Å²) >= 11 is 0. The van der Waals surface area contributed by atoms with Crippen molar-refractivity contribution < 1.29 is 9.47 Å². The minimum absolute atomic E-state index is 0.0890. The molecule has 1 atom stereocenters. The first-order valence-electron chi connectivity index (χ1n) is 6.34. The zero-order valence-electron chi connectivity index (χ0n) is 10.8. The summed E-state index contributed by atoms with van der Waals surface area (Å²) in [7, 11) is 0. The SMILES string of the molecule is CCOCCCC(N)c1ccc(OCC)cc1. The number of hydrogen-bond acceptors (Lipinski definition) is 3. The van der Waals surface area contributed by atoms with Crippen molar-refractivity contribution in [2.75, 3.05) is 19.8 Å². The van der Waals surface area contributed by atoms with Crippen LogP contribution in [0.5, 0.6) is 5.75 Å². The second-order valence-corrected chi connectivity index (χ2v) is 3.95. The van der Waals surface area contributed by atoms with E-state index < -0.39 is 0 Å². The van der Waals surface area contributed by atoms with Crippen molar-refractivity contribution in [1.29, 1.82) is 0 Å². The summed E-state index contributed by atoms with van der Waals surface area (Å²) in [6.07, 6.45) is 1.95. The van der Waals surface area contributed by atoms with Crippen LogP contribution in [-0.4, -0.2) is 19.8 Å². The first-order valence-corrected chi connectivity index (χ1v) is 6.34. The molecular weight excluding hydrogens is 214 g/mol. The molecule has 0 aliphatic heterocycles. The lowest BCUT2D eigenvalue weighted by atomic mass is 10.0. The van der Waals surface area contributed by atoms with Crippen LogP contribution in [0.15, 0.2) is 24.3 Å². The molecule has 0 spiro atoms. The van der Waals surface area contributed by atoms with Gasteiger partial charge in [-0.25, -0.2) is 0 Å². The van der Waals surface area contributed by atoms with Gasteiger partial charge in [-0.2, -0.15) is 0 Å². The lowest BCUT2D eigenvalue weighted by Crippen LogP contribution is -2.11. The molecule has 96 valence electrons. The summed E-state index contributed by atoms with van der Waals surface area (Å²) in [5, 5.41) is 0. The monoisotopic (exact) mass is 237 g/mol. The number of benzene rings is 1. The van der Waals surface area contributed by atoms with Crippen molar-refractivity contribution in [3.05, 3.63) is 29.8 Å². The zero-order valence-corrected chi connectivity index (χ0v) is 10.8. The molecule has 1 aromatic rings. The summed E-state index contributed by atoms with van der Waals surface area (Å²) in [4.78, 5) is 0. The van der Waals surface area contributed by atoms with Crippen LogP contribution >= 0.6 is 0 Å². The van der Waals surface area contributed by atoms with Gasteiger partial charge in [0.1, 0.15) is 5.75 Å². The molecule has 0 aromatic heterocycles. The maximum atomic E-state index is 6.10. The summed E-state index contributed by atoms with van der Waals surface area (Å²) in [6, 6.07) is 8.11. The molecular formula is C14H23NO2. The van der Waals surface area contributed by atoms with Crippen LogP contribution in [0.1, 0.15) is 38.3 Å². The molecule has 2 N–H and O–H groups in total. The van der Waals surface area contributed by atoms with Crippen LogP contribution in [-0.2, 0) is 4.74 Å². The summed E-state index contributed by atoms with van der Waals surface area (Å²) < 4.78 is 10.7.